The molecule has 3 rings (SSSR count). The van der Waals surface area contributed by atoms with Crippen LogP contribution in [0, 0.1) is 13.8 Å². The number of aryl methyl sites for hydroxylation is 2. The van der Waals surface area contributed by atoms with E-state index in [0.717, 1.165) is 17.9 Å². The SMILES string of the molecule is Cc1nc(SCC(=O)Nc2ccc3c(c2)OCCCO3)oc1C. The van der Waals surface area contributed by atoms with Gasteiger partial charge in [0.2, 0.25) is 5.91 Å². The summed E-state index contributed by atoms with van der Waals surface area (Å²) in [7, 11) is 0. The molecule has 1 amide bonds. The first-order valence-electron chi connectivity index (χ1n) is 7.38. The number of oxazole rings is 1. The van der Waals surface area contributed by atoms with E-state index in [1.54, 1.807) is 12.1 Å². The molecule has 6 nitrogen and oxygen atoms in total. The van der Waals surface area contributed by atoms with Gasteiger partial charge in [0.1, 0.15) is 5.76 Å². The summed E-state index contributed by atoms with van der Waals surface area (Å²) in [4.78, 5) is 16.3. The van der Waals surface area contributed by atoms with Gasteiger partial charge in [0, 0.05) is 18.2 Å². The Morgan fingerprint density at radius 3 is 2.78 bits per heavy atom. The second-order valence-electron chi connectivity index (χ2n) is 5.17. The number of hydrogen-bond acceptors (Lipinski definition) is 6. The van der Waals surface area contributed by atoms with Crippen LogP contribution in [0.5, 0.6) is 11.5 Å². The number of aromatic nitrogens is 1. The molecule has 2 aromatic rings. The molecule has 1 aliphatic rings. The monoisotopic (exact) mass is 334 g/mol. The maximum absolute atomic E-state index is 12.0. The molecule has 0 fully saturated rings. The van der Waals surface area contributed by atoms with Crippen LogP contribution in [0.4, 0.5) is 5.69 Å². The van der Waals surface area contributed by atoms with Gasteiger partial charge in [-0.3, -0.25) is 4.79 Å². The van der Waals surface area contributed by atoms with Crippen molar-refractivity contribution in [1.29, 1.82) is 0 Å². The summed E-state index contributed by atoms with van der Waals surface area (Å²) >= 11 is 1.27. The molecule has 0 radical (unpaired) electrons. The van der Waals surface area contributed by atoms with E-state index in [1.165, 1.54) is 11.8 Å². The molecule has 2 heterocycles. The summed E-state index contributed by atoms with van der Waals surface area (Å²) in [6.45, 7) is 4.98. The maximum atomic E-state index is 12.0. The van der Waals surface area contributed by atoms with Gasteiger partial charge < -0.3 is 19.2 Å². The van der Waals surface area contributed by atoms with Gasteiger partial charge in [0.25, 0.3) is 5.22 Å². The molecule has 122 valence electrons. The van der Waals surface area contributed by atoms with Gasteiger partial charge in [-0.05, 0) is 26.0 Å². The smallest absolute Gasteiger partial charge is 0.256 e. The number of thioether (sulfide) groups is 1. The number of ether oxygens (including phenoxy) is 2. The average molecular weight is 334 g/mol. The first kappa shape index (κ1) is 15.7. The van der Waals surface area contributed by atoms with Crippen LogP contribution in [0.25, 0.3) is 0 Å². The van der Waals surface area contributed by atoms with Crippen molar-refractivity contribution >= 4 is 23.4 Å². The Bertz CT molecular complexity index is 695. The third-order valence-electron chi connectivity index (χ3n) is 3.37. The molecule has 7 heteroatoms. The third-order valence-corrected chi connectivity index (χ3v) is 4.20. The highest BCUT2D eigenvalue weighted by Crippen LogP contribution is 2.32. The number of carbonyl (C=O) groups is 1. The zero-order valence-electron chi connectivity index (χ0n) is 13.0. The molecule has 1 aliphatic heterocycles. The van der Waals surface area contributed by atoms with Crippen molar-refractivity contribution in [3.8, 4) is 11.5 Å². The van der Waals surface area contributed by atoms with Crippen LogP contribution in [0.2, 0.25) is 0 Å². The van der Waals surface area contributed by atoms with Gasteiger partial charge in [-0.25, -0.2) is 4.98 Å². The minimum atomic E-state index is -0.127. The summed E-state index contributed by atoms with van der Waals surface area (Å²) in [5, 5.41) is 3.35. The molecule has 1 N–H and O–H groups in total. The Morgan fingerprint density at radius 2 is 2.04 bits per heavy atom. The van der Waals surface area contributed by atoms with Crippen molar-refractivity contribution in [2.24, 2.45) is 0 Å². The van der Waals surface area contributed by atoms with Crippen LogP contribution in [0.1, 0.15) is 17.9 Å². The zero-order chi connectivity index (χ0) is 16.2. The molecular weight excluding hydrogens is 316 g/mol. The molecule has 0 saturated heterocycles. The lowest BCUT2D eigenvalue weighted by atomic mass is 10.2. The van der Waals surface area contributed by atoms with Crippen molar-refractivity contribution < 1.29 is 18.7 Å². The van der Waals surface area contributed by atoms with Gasteiger partial charge in [-0.1, -0.05) is 11.8 Å². The summed E-state index contributed by atoms with van der Waals surface area (Å²) in [5.74, 6) is 2.25. The van der Waals surface area contributed by atoms with Gasteiger partial charge in [0.15, 0.2) is 11.5 Å². The Balaban J connectivity index is 1.58. The third kappa shape index (κ3) is 3.98. The number of nitrogens with one attached hydrogen (secondary N) is 1. The van der Waals surface area contributed by atoms with Crippen molar-refractivity contribution in [1.82, 2.24) is 4.98 Å². The van der Waals surface area contributed by atoms with E-state index < -0.39 is 0 Å². The summed E-state index contributed by atoms with van der Waals surface area (Å²) < 4.78 is 16.6. The molecule has 0 bridgehead atoms. The first-order valence-corrected chi connectivity index (χ1v) is 8.37. The van der Waals surface area contributed by atoms with Gasteiger partial charge in [-0.15, -0.1) is 0 Å². The largest absolute Gasteiger partial charge is 0.490 e. The molecular formula is C16H18N2O4S. The molecule has 0 saturated carbocycles. The number of amides is 1. The Labute approximate surface area is 138 Å². The van der Waals surface area contributed by atoms with E-state index in [1.807, 2.05) is 19.9 Å². The second-order valence-corrected chi connectivity index (χ2v) is 6.10. The zero-order valence-corrected chi connectivity index (χ0v) is 13.9. The molecule has 0 aliphatic carbocycles. The van der Waals surface area contributed by atoms with Gasteiger partial charge in [-0.2, -0.15) is 0 Å². The number of carbonyl (C=O) groups excluding carboxylic acids is 1. The fourth-order valence-corrected chi connectivity index (χ4v) is 2.78. The molecule has 1 aromatic carbocycles. The number of rotatable bonds is 4. The molecule has 0 spiro atoms. The number of benzene rings is 1. The van der Waals surface area contributed by atoms with Gasteiger partial charge >= 0.3 is 0 Å². The standard InChI is InChI=1S/C16H18N2O4S/c1-10-11(2)22-16(17-10)23-9-15(19)18-12-4-5-13-14(8-12)21-7-3-6-20-13/h4-5,8H,3,6-7,9H2,1-2H3,(H,18,19). The fourth-order valence-electron chi connectivity index (χ4n) is 2.07. The highest BCUT2D eigenvalue weighted by Gasteiger charge is 2.13. The molecule has 1 aromatic heterocycles. The minimum absolute atomic E-state index is 0.127. The summed E-state index contributed by atoms with van der Waals surface area (Å²) in [6, 6.07) is 5.39. The van der Waals surface area contributed by atoms with Crippen LogP contribution in [-0.4, -0.2) is 29.9 Å². The van der Waals surface area contributed by atoms with E-state index in [4.69, 9.17) is 13.9 Å². The van der Waals surface area contributed by atoms with Crippen LogP contribution in [0.15, 0.2) is 27.8 Å². The van der Waals surface area contributed by atoms with E-state index in [0.29, 0.717) is 35.6 Å². The fraction of sp³-hybridized carbons (Fsp3) is 0.375. The topological polar surface area (TPSA) is 73.6 Å². The predicted octanol–water partition coefficient (Wildman–Crippen LogP) is 3.18. The number of anilines is 1. The van der Waals surface area contributed by atoms with Crippen LogP contribution >= 0.6 is 11.8 Å². The molecule has 0 unspecified atom stereocenters. The summed E-state index contributed by atoms with van der Waals surface area (Å²) in [5.41, 5.74) is 1.52. The normalized spacial score (nSPS) is 13.5. The minimum Gasteiger partial charge on any atom is -0.490 e. The van der Waals surface area contributed by atoms with Crippen LogP contribution in [0.3, 0.4) is 0 Å². The molecule has 0 atom stereocenters. The summed E-state index contributed by atoms with van der Waals surface area (Å²) in [6.07, 6.45) is 0.849. The van der Waals surface area contributed by atoms with Crippen LogP contribution < -0.4 is 14.8 Å². The van der Waals surface area contributed by atoms with Crippen molar-refractivity contribution in [3.05, 3.63) is 29.7 Å². The Kier molecular flexibility index (Phi) is 4.76. The number of nitrogens with zero attached hydrogens (tertiary/aromatic N) is 1. The van der Waals surface area contributed by atoms with E-state index in [-0.39, 0.29) is 11.7 Å². The van der Waals surface area contributed by atoms with Crippen LogP contribution in [-0.2, 0) is 4.79 Å². The molecule has 23 heavy (non-hydrogen) atoms. The van der Waals surface area contributed by atoms with Crippen molar-refractivity contribution in [2.45, 2.75) is 25.5 Å². The van der Waals surface area contributed by atoms with Gasteiger partial charge in [0.05, 0.1) is 24.7 Å². The highest BCUT2D eigenvalue weighted by molar-refractivity contribution is 7.99. The lowest BCUT2D eigenvalue weighted by molar-refractivity contribution is -0.113. The Morgan fingerprint density at radius 1 is 1.26 bits per heavy atom. The quantitative estimate of drug-likeness (QED) is 0.866. The number of fused-ring (bicyclic) bond motifs is 1. The van der Waals surface area contributed by atoms with E-state index >= 15 is 0 Å². The lowest BCUT2D eigenvalue weighted by Crippen LogP contribution is -2.14. The first-order chi connectivity index (χ1) is 11.1. The van der Waals surface area contributed by atoms with Crippen molar-refractivity contribution in [2.75, 3.05) is 24.3 Å². The average Bonchev–Trinajstić information content (AvgIpc) is 2.73. The highest BCUT2D eigenvalue weighted by atomic mass is 32.2. The Hall–Kier alpha value is -2.15. The second kappa shape index (κ2) is 6.95. The van der Waals surface area contributed by atoms with E-state index in [9.17, 15) is 4.79 Å². The number of hydrogen-bond donors (Lipinski definition) is 1. The predicted molar refractivity (Wildman–Crippen MR) is 87.4 cm³/mol. The van der Waals surface area contributed by atoms with E-state index in [2.05, 4.69) is 10.3 Å². The lowest BCUT2D eigenvalue weighted by Gasteiger charge is -2.10. The van der Waals surface area contributed by atoms with Crippen molar-refractivity contribution in [3.63, 3.8) is 0 Å². The maximum Gasteiger partial charge on any atom is 0.256 e.